The second kappa shape index (κ2) is 6.84. The third-order valence-corrected chi connectivity index (χ3v) is 7.76. The zero-order valence-electron chi connectivity index (χ0n) is 16.7. The van der Waals surface area contributed by atoms with E-state index in [1.807, 2.05) is 28.8 Å². The van der Waals surface area contributed by atoms with Gasteiger partial charge < -0.3 is 9.80 Å². The maximum Gasteiger partial charge on any atom is 0.254 e. The lowest BCUT2D eigenvalue weighted by atomic mass is 9.86. The van der Waals surface area contributed by atoms with Crippen LogP contribution < -0.4 is 0 Å². The summed E-state index contributed by atoms with van der Waals surface area (Å²) in [7, 11) is 0. The van der Waals surface area contributed by atoms with Gasteiger partial charge in [0, 0.05) is 36.9 Å². The van der Waals surface area contributed by atoms with Gasteiger partial charge in [0.2, 0.25) is 5.91 Å². The molecule has 2 amide bonds. The van der Waals surface area contributed by atoms with E-state index in [9.17, 15) is 9.59 Å². The average molecular weight is 387 g/mol. The third-order valence-electron chi connectivity index (χ3n) is 6.20. The number of piperidine rings is 1. The monoisotopic (exact) mass is 386 g/mol. The molecule has 0 N–H and O–H groups in total. The van der Waals surface area contributed by atoms with Crippen molar-refractivity contribution in [2.45, 2.75) is 56.7 Å². The highest BCUT2D eigenvalue weighted by Gasteiger charge is 2.48. The molecule has 4 nitrogen and oxygen atoms in total. The van der Waals surface area contributed by atoms with E-state index in [2.05, 4.69) is 37.8 Å². The lowest BCUT2D eigenvalue weighted by Gasteiger charge is -2.44. The number of hydrogen-bond donors (Lipinski definition) is 0. The molecule has 1 saturated carbocycles. The SMILES string of the molecule is CC(C)(C)c1ccc(C(=O)N2CCSC23CCN(C(=O)C2CC2)CC3)cc1. The first kappa shape index (κ1) is 18.9. The molecule has 1 spiro atoms. The summed E-state index contributed by atoms with van der Waals surface area (Å²) in [6.07, 6.45) is 3.90. The number of thioether (sulfide) groups is 1. The van der Waals surface area contributed by atoms with Gasteiger partial charge in [0.1, 0.15) is 0 Å². The zero-order valence-corrected chi connectivity index (χ0v) is 17.5. The van der Waals surface area contributed by atoms with E-state index in [4.69, 9.17) is 0 Å². The Morgan fingerprint density at radius 1 is 1.04 bits per heavy atom. The van der Waals surface area contributed by atoms with Gasteiger partial charge in [0.05, 0.1) is 4.87 Å². The molecule has 146 valence electrons. The van der Waals surface area contributed by atoms with Gasteiger partial charge in [-0.2, -0.15) is 0 Å². The topological polar surface area (TPSA) is 40.6 Å². The minimum atomic E-state index is -0.125. The van der Waals surface area contributed by atoms with Crippen LogP contribution in [0.1, 0.15) is 62.4 Å². The Morgan fingerprint density at radius 3 is 2.22 bits per heavy atom. The Labute approximate surface area is 166 Å². The van der Waals surface area contributed by atoms with E-state index >= 15 is 0 Å². The van der Waals surface area contributed by atoms with Crippen LogP contribution in [0.15, 0.2) is 24.3 Å². The number of carbonyl (C=O) groups excluding carboxylic acids is 2. The first-order valence-corrected chi connectivity index (χ1v) is 11.1. The van der Waals surface area contributed by atoms with Crippen LogP contribution in [-0.4, -0.2) is 51.9 Å². The molecule has 3 aliphatic rings. The molecule has 2 aliphatic heterocycles. The predicted octanol–water partition coefficient (Wildman–Crippen LogP) is 3.90. The second-order valence-electron chi connectivity index (χ2n) is 9.18. The smallest absolute Gasteiger partial charge is 0.254 e. The van der Waals surface area contributed by atoms with Crippen LogP contribution in [0.3, 0.4) is 0 Å². The molecule has 1 aliphatic carbocycles. The highest BCUT2D eigenvalue weighted by Crippen LogP contribution is 2.45. The van der Waals surface area contributed by atoms with Gasteiger partial charge in [0.25, 0.3) is 5.91 Å². The summed E-state index contributed by atoms with van der Waals surface area (Å²) in [5.74, 6) is 1.75. The van der Waals surface area contributed by atoms with Gasteiger partial charge >= 0.3 is 0 Å². The van der Waals surface area contributed by atoms with Crippen molar-refractivity contribution in [2.75, 3.05) is 25.4 Å². The third kappa shape index (κ3) is 3.63. The highest BCUT2D eigenvalue weighted by atomic mass is 32.2. The molecular formula is C22H30N2O2S. The van der Waals surface area contributed by atoms with Gasteiger partial charge in [-0.05, 0) is 48.8 Å². The number of benzene rings is 1. The fourth-order valence-electron chi connectivity index (χ4n) is 4.24. The standard InChI is InChI=1S/C22H30N2O2S/c1-21(2,3)18-8-6-17(7-9-18)20(26)24-14-15-27-22(24)10-12-23(13-11-22)19(25)16-4-5-16/h6-9,16H,4-5,10-15H2,1-3H3. The predicted molar refractivity (Wildman–Crippen MR) is 110 cm³/mol. The van der Waals surface area contributed by atoms with Crippen LogP contribution in [0.2, 0.25) is 0 Å². The van der Waals surface area contributed by atoms with Gasteiger partial charge in [0.15, 0.2) is 0 Å². The van der Waals surface area contributed by atoms with Gasteiger partial charge in [-0.25, -0.2) is 0 Å². The van der Waals surface area contributed by atoms with Crippen molar-refractivity contribution in [2.24, 2.45) is 5.92 Å². The lowest BCUT2D eigenvalue weighted by Crippen LogP contribution is -2.53. The zero-order chi connectivity index (χ0) is 19.2. The van der Waals surface area contributed by atoms with Gasteiger partial charge in [-0.1, -0.05) is 32.9 Å². The van der Waals surface area contributed by atoms with Crippen molar-refractivity contribution in [3.05, 3.63) is 35.4 Å². The molecule has 2 saturated heterocycles. The van der Waals surface area contributed by atoms with Crippen molar-refractivity contribution >= 4 is 23.6 Å². The van der Waals surface area contributed by atoms with E-state index in [1.54, 1.807) is 0 Å². The van der Waals surface area contributed by atoms with Crippen molar-refractivity contribution < 1.29 is 9.59 Å². The molecule has 0 radical (unpaired) electrons. The normalized spacial score (nSPS) is 22.3. The largest absolute Gasteiger partial charge is 0.342 e. The van der Waals surface area contributed by atoms with Crippen molar-refractivity contribution in [3.8, 4) is 0 Å². The Bertz CT molecular complexity index is 726. The molecule has 1 aromatic rings. The van der Waals surface area contributed by atoms with E-state index in [-0.39, 0.29) is 22.1 Å². The molecule has 0 aromatic heterocycles. The maximum atomic E-state index is 13.2. The minimum absolute atomic E-state index is 0.0905. The molecule has 0 unspecified atom stereocenters. The van der Waals surface area contributed by atoms with E-state index in [1.165, 1.54) is 5.56 Å². The molecule has 5 heteroatoms. The number of likely N-dealkylation sites (tertiary alicyclic amines) is 1. The van der Waals surface area contributed by atoms with E-state index in [0.717, 1.165) is 56.6 Å². The van der Waals surface area contributed by atoms with Crippen LogP contribution in [0.25, 0.3) is 0 Å². The molecule has 1 aromatic carbocycles. The Hall–Kier alpha value is -1.49. The first-order chi connectivity index (χ1) is 12.8. The molecule has 3 fully saturated rings. The minimum Gasteiger partial charge on any atom is -0.342 e. The molecule has 2 heterocycles. The number of rotatable bonds is 2. The first-order valence-electron chi connectivity index (χ1n) is 10.2. The highest BCUT2D eigenvalue weighted by molar-refractivity contribution is 8.00. The number of nitrogens with zero attached hydrogens (tertiary/aromatic N) is 2. The van der Waals surface area contributed by atoms with Crippen LogP contribution in [0.5, 0.6) is 0 Å². The van der Waals surface area contributed by atoms with Crippen LogP contribution in [0, 0.1) is 5.92 Å². The average Bonchev–Trinajstić information content (AvgIpc) is 3.43. The fraction of sp³-hybridized carbons (Fsp3) is 0.636. The summed E-state index contributed by atoms with van der Waals surface area (Å²) in [4.78, 5) is 29.6. The molecule has 0 bridgehead atoms. The molecular weight excluding hydrogens is 356 g/mol. The summed E-state index contributed by atoms with van der Waals surface area (Å²) in [6.45, 7) is 8.94. The van der Waals surface area contributed by atoms with E-state index < -0.39 is 0 Å². The van der Waals surface area contributed by atoms with E-state index in [0.29, 0.717) is 5.91 Å². The summed E-state index contributed by atoms with van der Waals surface area (Å²) in [6, 6.07) is 8.12. The number of carbonyl (C=O) groups is 2. The summed E-state index contributed by atoms with van der Waals surface area (Å²) in [5, 5.41) is 0. The Balaban J connectivity index is 1.46. The molecule has 4 rings (SSSR count). The Kier molecular flexibility index (Phi) is 4.77. The van der Waals surface area contributed by atoms with Crippen LogP contribution >= 0.6 is 11.8 Å². The van der Waals surface area contributed by atoms with Crippen molar-refractivity contribution in [3.63, 3.8) is 0 Å². The molecule has 27 heavy (non-hydrogen) atoms. The quantitative estimate of drug-likeness (QED) is 0.774. The van der Waals surface area contributed by atoms with Crippen LogP contribution in [0.4, 0.5) is 0 Å². The van der Waals surface area contributed by atoms with Crippen molar-refractivity contribution in [1.82, 2.24) is 9.80 Å². The summed E-state index contributed by atoms with van der Waals surface area (Å²) >= 11 is 1.91. The summed E-state index contributed by atoms with van der Waals surface area (Å²) < 4.78 is 0. The maximum absolute atomic E-state index is 13.2. The molecule has 0 atom stereocenters. The lowest BCUT2D eigenvalue weighted by molar-refractivity contribution is -0.134. The number of amides is 2. The Morgan fingerprint density at radius 2 is 1.67 bits per heavy atom. The van der Waals surface area contributed by atoms with Crippen LogP contribution in [-0.2, 0) is 10.2 Å². The fourth-order valence-corrected chi connectivity index (χ4v) is 5.70. The van der Waals surface area contributed by atoms with Gasteiger partial charge in [-0.3, -0.25) is 9.59 Å². The number of hydrogen-bond acceptors (Lipinski definition) is 3. The van der Waals surface area contributed by atoms with Gasteiger partial charge in [-0.15, -0.1) is 11.8 Å². The van der Waals surface area contributed by atoms with Crippen molar-refractivity contribution in [1.29, 1.82) is 0 Å². The summed E-state index contributed by atoms with van der Waals surface area (Å²) in [5.41, 5.74) is 2.12. The second-order valence-corrected chi connectivity index (χ2v) is 10.6.